The Labute approximate surface area is 204 Å². The summed E-state index contributed by atoms with van der Waals surface area (Å²) in [5, 5.41) is 19.9. The van der Waals surface area contributed by atoms with E-state index in [1.54, 1.807) is 36.4 Å². The van der Waals surface area contributed by atoms with Gasteiger partial charge in [-0.15, -0.1) is 0 Å². The first-order chi connectivity index (χ1) is 18.7. The Morgan fingerprint density at radius 1 is 1.03 bits per heavy atom. The lowest BCUT2D eigenvalue weighted by atomic mass is 9.86. The number of aromatic hydroxyl groups is 2. The van der Waals surface area contributed by atoms with E-state index in [-0.39, 0.29) is 42.3 Å². The maximum absolute atomic E-state index is 10.1. The van der Waals surface area contributed by atoms with Crippen LogP contribution in [0.5, 0.6) is 23.0 Å². The van der Waals surface area contributed by atoms with Gasteiger partial charge in [-0.05, 0) is 72.9 Å². The number of likely N-dealkylation sites (tertiary alicyclic amines) is 1. The first-order valence-corrected chi connectivity index (χ1v) is 10.8. The molecule has 5 nitrogen and oxygen atoms in total. The van der Waals surface area contributed by atoms with E-state index in [0.29, 0.717) is 34.6 Å². The number of nitrogens with zero attached hydrogens (tertiary/aromatic N) is 1. The van der Waals surface area contributed by atoms with Crippen LogP contribution in [-0.4, -0.2) is 40.8 Å². The van der Waals surface area contributed by atoms with Crippen LogP contribution in [-0.2, 0) is 0 Å². The van der Waals surface area contributed by atoms with Crippen LogP contribution in [0, 0.1) is 0 Å². The van der Waals surface area contributed by atoms with Gasteiger partial charge >= 0.3 is 0 Å². The minimum atomic E-state index is -2.52. The Morgan fingerprint density at radius 3 is 2.52 bits per heavy atom. The second kappa shape index (κ2) is 8.83. The zero-order chi connectivity index (χ0) is 28.9. The molecule has 0 aliphatic carbocycles. The molecule has 2 aliphatic rings. The highest BCUT2D eigenvalue weighted by Crippen LogP contribution is 2.47. The van der Waals surface area contributed by atoms with Crippen molar-refractivity contribution in [2.24, 2.45) is 0 Å². The summed E-state index contributed by atoms with van der Waals surface area (Å²) in [5.74, 6) is 0.649. The Balaban J connectivity index is 1.45. The molecule has 0 saturated carbocycles. The molecule has 1 fully saturated rings. The summed E-state index contributed by atoms with van der Waals surface area (Å²) in [6, 6.07) is 17.4. The van der Waals surface area contributed by atoms with E-state index in [9.17, 15) is 10.2 Å². The Morgan fingerprint density at radius 2 is 1.79 bits per heavy atom. The zero-order valence-corrected chi connectivity index (χ0v) is 17.9. The lowest BCUT2D eigenvalue weighted by Gasteiger charge is -2.38. The van der Waals surface area contributed by atoms with Crippen LogP contribution in [0.15, 0.2) is 66.7 Å². The lowest BCUT2D eigenvalue weighted by Crippen LogP contribution is -2.53. The van der Waals surface area contributed by atoms with Crippen LogP contribution in [0.4, 0.5) is 0 Å². The third-order valence-electron chi connectivity index (χ3n) is 5.86. The van der Waals surface area contributed by atoms with E-state index >= 15 is 0 Å². The van der Waals surface area contributed by atoms with Gasteiger partial charge in [-0.2, -0.15) is 0 Å². The van der Waals surface area contributed by atoms with Crippen LogP contribution >= 0.6 is 0 Å². The van der Waals surface area contributed by atoms with Crippen molar-refractivity contribution in [3.8, 4) is 23.0 Å². The van der Waals surface area contributed by atoms with Crippen molar-refractivity contribution < 1.29 is 29.3 Å². The molecular weight excluding hydrogens is 414 g/mol. The highest BCUT2D eigenvalue weighted by atomic mass is 16.5. The molecule has 5 rings (SSSR count). The van der Waals surface area contributed by atoms with E-state index in [4.69, 9.17) is 19.1 Å². The summed E-state index contributed by atoms with van der Waals surface area (Å²) in [5.41, 5.74) is 2.03. The van der Waals surface area contributed by atoms with Crippen molar-refractivity contribution in [2.75, 3.05) is 19.6 Å². The van der Waals surface area contributed by atoms with Crippen molar-refractivity contribution in [1.82, 2.24) is 4.90 Å². The van der Waals surface area contributed by atoms with Crippen LogP contribution in [0.25, 0.3) is 11.1 Å². The summed E-state index contributed by atoms with van der Waals surface area (Å²) in [7, 11) is 0. The number of ether oxygens (including phenoxy) is 2. The minimum absolute atomic E-state index is 0.0391. The molecule has 3 aromatic rings. The monoisotopic (exact) mass is 450 g/mol. The molecule has 0 aromatic heterocycles. The van der Waals surface area contributed by atoms with Crippen molar-refractivity contribution in [3.63, 3.8) is 0 Å². The second-order valence-corrected chi connectivity index (χ2v) is 8.18. The summed E-state index contributed by atoms with van der Waals surface area (Å²) < 4.78 is 67.8. The molecule has 5 heteroatoms. The molecule has 2 N–H and O–H groups in total. The smallest absolute Gasteiger partial charge is 0.150 e. The van der Waals surface area contributed by atoms with E-state index in [0.717, 1.165) is 0 Å². The molecule has 0 radical (unpaired) electrons. The van der Waals surface area contributed by atoms with E-state index in [1.807, 2.05) is 4.90 Å². The number of hydrogen-bond acceptors (Lipinski definition) is 5. The summed E-state index contributed by atoms with van der Waals surface area (Å²) in [6.07, 6.45) is -2.00. The molecular formula is C28H29NO4. The third-order valence-corrected chi connectivity index (χ3v) is 5.86. The van der Waals surface area contributed by atoms with Crippen LogP contribution in [0.1, 0.15) is 52.5 Å². The SMILES string of the molecule is [2H]C([2H])([2H])CCN1CC([2H])(Oc2ccc(C3Oc4cc(O)ccc4C(C([2H])([2H])[2H])=C3c3ccc(O)cc3)cc2)C1. The Kier molecular flexibility index (Phi) is 3.92. The van der Waals surface area contributed by atoms with Gasteiger partial charge in [0, 0.05) is 38.5 Å². The van der Waals surface area contributed by atoms with Crippen molar-refractivity contribution in [3.05, 3.63) is 83.4 Å². The Hall–Kier alpha value is -3.44. The normalized spacial score (nSPS) is 23.3. The average Bonchev–Trinajstić information content (AvgIpc) is 2.85. The topological polar surface area (TPSA) is 62.2 Å². The standard InChI is InChI=1S/C28H29NO4/c1-3-14-29-16-24(17-29)32-23-11-6-20(7-12-23)28-27(19-4-8-21(30)9-5-19)18(2)25-13-10-22(31)15-26(25)33-28/h4-13,15,24,28,30-31H,3,14,16-17H2,1-2H3/i1D3,2D3,24D. The van der Waals surface area contributed by atoms with Gasteiger partial charge in [0.15, 0.2) is 0 Å². The molecule has 1 atom stereocenters. The Bertz CT molecular complexity index is 1410. The van der Waals surface area contributed by atoms with Gasteiger partial charge in [0.2, 0.25) is 0 Å². The second-order valence-electron chi connectivity index (χ2n) is 8.18. The predicted octanol–water partition coefficient (Wildman–Crippen LogP) is 5.64. The molecule has 0 bridgehead atoms. The fourth-order valence-corrected chi connectivity index (χ4v) is 4.16. The van der Waals surface area contributed by atoms with Gasteiger partial charge in [-0.25, -0.2) is 0 Å². The van der Waals surface area contributed by atoms with Crippen LogP contribution in [0.3, 0.4) is 0 Å². The van der Waals surface area contributed by atoms with Gasteiger partial charge in [0.25, 0.3) is 0 Å². The molecule has 0 spiro atoms. The summed E-state index contributed by atoms with van der Waals surface area (Å²) >= 11 is 0. The fraction of sp³-hybridized carbons (Fsp3) is 0.286. The van der Waals surface area contributed by atoms with Crippen LogP contribution < -0.4 is 9.47 Å². The average molecular weight is 451 g/mol. The first-order valence-electron chi connectivity index (χ1n) is 14.3. The maximum atomic E-state index is 10.1. The number of phenols is 2. The number of phenolic OH excluding ortho intramolecular Hbond substituents is 2. The first kappa shape index (κ1) is 14.7. The molecule has 170 valence electrons. The molecule has 3 aromatic carbocycles. The number of allylic oxidation sites excluding steroid dienone is 1. The van der Waals surface area contributed by atoms with E-state index in [2.05, 4.69) is 0 Å². The van der Waals surface area contributed by atoms with Gasteiger partial charge in [-0.1, -0.05) is 31.1 Å². The number of fused-ring (bicyclic) bond motifs is 1. The summed E-state index contributed by atoms with van der Waals surface area (Å²) in [6.45, 7) is -3.59. The van der Waals surface area contributed by atoms with Gasteiger partial charge < -0.3 is 19.7 Å². The largest absolute Gasteiger partial charge is 0.508 e. The fourth-order valence-electron chi connectivity index (χ4n) is 4.16. The van der Waals surface area contributed by atoms with Crippen molar-refractivity contribution in [2.45, 2.75) is 32.3 Å². The molecule has 1 saturated heterocycles. The molecule has 33 heavy (non-hydrogen) atoms. The quantitative estimate of drug-likeness (QED) is 0.509. The van der Waals surface area contributed by atoms with Gasteiger partial charge in [-0.3, -0.25) is 4.90 Å². The number of rotatable bonds is 6. The molecule has 2 heterocycles. The van der Waals surface area contributed by atoms with Gasteiger partial charge in [0.1, 0.15) is 35.2 Å². The molecule has 2 aliphatic heterocycles. The molecule has 0 amide bonds. The third kappa shape index (κ3) is 4.29. The minimum Gasteiger partial charge on any atom is -0.508 e. The maximum Gasteiger partial charge on any atom is 0.150 e. The highest BCUT2D eigenvalue weighted by molar-refractivity contribution is 5.95. The van der Waals surface area contributed by atoms with E-state index < -0.39 is 25.9 Å². The number of hydrogen-bond donors (Lipinski definition) is 2. The predicted molar refractivity (Wildman–Crippen MR) is 130 cm³/mol. The summed E-state index contributed by atoms with van der Waals surface area (Å²) in [4.78, 5) is 1.86. The van der Waals surface area contributed by atoms with Crippen molar-refractivity contribution in [1.29, 1.82) is 0 Å². The van der Waals surface area contributed by atoms with Gasteiger partial charge in [0.05, 0.1) is 1.37 Å². The zero-order valence-electron chi connectivity index (χ0n) is 24.9. The molecule has 1 unspecified atom stereocenters. The number of benzene rings is 3. The van der Waals surface area contributed by atoms with Crippen LogP contribution in [0.2, 0.25) is 0 Å². The highest BCUT2D eigenvalue weighted by Gasteiger charge is 2.30. The van der Waals surface area contributed by atoms with Crippen molar-refractivity contribution >= 4 is 11.1 Å². The van der Waals surface area contributed by atoms with E-state index in [1.165, 1.54) is 30.3 Å². The lowest BCUT2D eigenvalue weighted by molar-refractivity contribution is 0.0202.